The zero-order chi connectivity index (χ0) is 13.8. The molecule has 3 rings (SSSR count). The molecule has 1 amide bonds. The second kappa shape index (κ2) is 5.81. The predicted molar refractivity (Wildman–Crippen MR) is 72.9 cm³/mol. The zero-order valence-corrected chi connectivity index (χ0v) is 11.2. The Bertz CT molecular complexity index is 581. The fourth-order valence-electron chi connectivity index (χ4n) is 2.76. The Morgan fingerprint density at radius 2 is 2.30 bits per heavy atom. The Hall–Kier alpha value is -2.24. The van der Waals surface area contributed by atoms with Crippen LogP contribution >= 0.6 is 0 Å². The van der Waals surface area contributed by atoms with Gasteiger partial charge in [0.2, 0.25) is 5.91 Å². The molecule has 1 aromatic heterocycles. The number of hydrogen-bond acceptors (Lipinski definition) is 4. The number of nitrogens with one attached hydrogen (secondary N) is 1. The molecular weight excluding hydrogens is 254 g/mol. The second-order valence-electron chi connectivity index (χ2n) is 5.10. The van der Waals surface area contributed by atoms with Gasteiger partial charge in [0.1, 0.15) is 12.9 Å². The summed E-state index contributed by atoms with van der Waals surface area (Å²) in [6.45, 7) is 0.847. The number of hydrogen-bond donors (Lipinski definition) is 1. The first-order chi connectivity index (χ1) is 9.83. The third-order valence-electron chi connectivity index (χ3n) is 3.74. The van der Waals surface area contributed by atoms with E-state index in [0.717, 1.165) is 12.8 Å². The van der Waals surface area contributed by atoms with Gasteiger partial charge in [-0.1, -0.05) is 24.3 Å². The SMILES string of the molecule is O=C(Cn1cnnn1)NCC1CCCc2ccccc21. The van der Waals surface area contributed by atoms with E-state index >= 15 is 0 Å². The highest BCUT2D eigenvalue weighted by Crippen LogP contribution is 2.30. The minimum Gasteiger partial charge on any atom is -0.354 e. The molecule has 0 bridgehead atoms. The fourth-order valence-corrected chi connectivity index (χ4v) is 2.76. The highest BCUT2D eigenvalue weighted by molar-refractivity contribution is 5.75. The highest BCUT2D eigenvalue weighted by Gasteiger charge is 2.20. The number of aryl methyl sites for hydroxylation is 1. The van der Waals surface area contributed by atoms with Gasteiger partial charge in [-0.2, -0.15) is 0 Å². The molecule has 104 valence electrons. The predicted octanol–water partition coefficient (Wildman–Crippen LogP) is 0.909. The van der Waals surface area contributed by atoms with E-state index in [1.165, 1.54) is 28.6 Å². The van der Waals surface area contributed by atoms with Crippen molar-refractivity contribution >= 4 is 5.91 Å². The van der Waals surface area contributed by atoms with Gasteiger partial charge in [0.05, 0.1) is 0 Å². The Balaban J connectivity index is 1.58. The van der Waals surface area contributed by atoms with Crippen molar-refractivity contribution in [3.63, 3.8) is 0 Å². The van der Waals surface area contributed by atoms with Crippen molar-refractivity contribution in [2.75, 3.05) is 6.54 Å². The number of tetrazole rings is 1. The summed E-state index contributed by atoms with van der Waals surface area (Å²) in [5.74, 6) is 0.359. The molecule has 0 spiro atoms. The van der Waals surface area contributed by atoms with Crippen molar-refractivity contribution in [2.24, 2.45) is 0 Å². The lowest BCUT2D eigenvalue weighted by molar-refractivity contribution is -0.121. The Labute approximate surface area is 117 Å². The van der Waals surface area contributed by atoms with Gasteiger partial charge in [0.15, 0.2) is 0 Å². The van der Waals surface area contributed by atoms with E-state index < -0.39 is 0 Å². The van der Waals surface area contributed by atoms with E-state index in [0.29, 0.717) is 12.5 Å². The van der Waals surface area contributed by atoms with Gasteiger partial charge in [0.25, 0.3) is 0 Å². The number of nitrogens with zero attached hydrogens (tertiary/aromatic N) is 4. The molecule has 1 unspecified atom stereocenters. The number of rotatable bonds is 4. The van der Waals surface area contributed by atoms with Gasteiger partial charge in [-0.15, -0.1) is 5.10 Å². The van der Waals surface area contributed by atoms with Crippen LogP contribution in [-0.4, -0.2) is 32.7 Å². The minimum absolute atomic E-state index is 0.0552. The number of carbonyl (C=O) groups is 1. The summed E-state index contributed by atoms with van der Waals surface area (Å²) >= 11 is 0. The number of fused-ring (bicyclic) bond motifs is 1. The van der Waals surface area contributed by atoms with Crippen LogP contribution in [0.3, 0.4) is 0 Å². The molecule has 0 radical (unpaired) electrons. The van der Waals surface area contributed by atoms with Crippen LogP contribution in [0.1, 0.15) is 29.9 Å². The lowest BCUT2D eigenvalue weighted by Gasteiger charge is -2.25. The second-order valence-corrected chi connectivity index (χ2v) is 5.10. The molecule has 1 aliphatic carbocycles. The molecule has 1 heterocycles. The molecule has 1 N–H and O–H groups in total. The third-order valence-corrected chi connectivity index (χ3v) is 3.74. The lowest BCUT2D eigenvalue weighted by Crippen LogP contribution is -2.32. The van der Waals surface area contributed by atoms with Gasteiger partial charge in [-0.25, -0.2) is 4.68 Å². The maximum Gasteiger partial charge on any atom is 0.241 e. The van der Waals surface area contributed by atoms with Crippen molar-refractivity contribution in [3.8, 4) is 0 Å². The van der Waals surface area contributed by atoms with Crippen molar-refractivity contribution in [2.45, 2.75) is 31.7 Å². The average Bonchev–Trinajstić information content (AvgIpc) is 2.98. The maximum atomic E-state index is 11.8. The number of amides is 1. The molecular formula is C14H17N5O. The van der Waals surface area contributed by atoms with Crippen molar-refractivity contribution in [1.82, 2.24) is 25.5 Å². The summed E-state index contributed by atoms with van der Waals surface area (Å²) in [4.78, 5) is 11.8. The first-order valence-corrected chi connectivity index (χ1v) is 6.88. The van der Waals surface area contributed by atoms with Crippen LogP contribution in [0, 0.1) is 0 Å². The number of carbonyl (C=O) groups excluding carboxylic acids is 1. The molecule has 1 aromatic carbocycles. The molecule has 0 saturated heterocycles. The molecule has 6 nitrogen and oxygen atoms in total. The van der Waals surface area contributed by atoms with Gasteiger partial charge in [-0.3, -0.25) is 4.79 Å². The van der Waals surface area contributed by atoms with Crippen LogP contribution in [0.4, 0.5) is 0 Å². The van der Waals surface area contributed by atoms with Gasteiger partial charge >= 0.3 is 0 Å². The minimum atomic E-state index is -0.0552. The fraction of sp³-hybridized carbons (Fsp3) is 0.429. The topological polar surface area (TPSA) is 72.7 Å². The molecule has 1 atom stereocenters. The van der Waals surface area contributed by atoms with E-state index in [2.05, 4.69) is 45.1 Å². The molecule has 2 aromatic rings. The molecule has 20 heavy (non-hydrogen) atoms. The number of benzene rings is 1. The Kier molecular flexibility index (Phi) is 3.71. The van der Waals surface area contributed by atoms with Crippen LogP contribution < -0.4 is 5.32 Å². The normalized spacial score (nSPS) is 17.5. The standard InChI is InChI=1S/C14H17N5O/c20-14(9-19-10-16-17-18-19)15-8-12-6-3-5-11-4-1-2-7-13(11)12/h1-2,4,7,10,12H,3,5-6,8-9H2,(H,15,20). The Morgan fingerprint density at radius 1 is 1.40 bits per heavy atom. The molecule has 0 fully saturated rings. The van der Waals surface area contributed by atoms with E-state index in [4.69, 9.17) is 0 Å². The molecule has 0 saturated carbocycles. The van der Waals surface area contributed by atoms with Gasteiger partial charge in [-0.05, 0) is 40.8 Å². The van der Waals surface area contributed by atoms with Crippen molar-refractivity contribution in [1.29, 1.82) is 0 Å². The summed E-state index contributed by atoms with van der Waals surface area (Å²) in [5, 5.41) is 13.7. The van der Waals surface area contributed by atoms with Gasteiger partial charge < -0.3 is 5.32 Å². The quantitative estimate of drug-likeness (QED) is 0.897. The Morgan fingerprint density at radius 3 is 3.15 bits per heavy atom. The largest absolute Gasteiger partial charge is 0.354 e. The monoisotopic (exact) mass is 271 g/mol. The highest BCUT2D eigenvalue weighted by atomic mass is 16.2. The zero-order valence-electron chi connectivity index (χ0n) is 11.2. The van der Waals surface area contributed by atoms with E-state index in [1.54, 1.807) is 0 Å². The maximum absolute atomic E-state index is 11.8. The summed E-state index contributed by atoms with van der Waals surface area (Å²) in [6, 6.07) is 8.51. The summed E-state index contributed by atoms with van der Waals surface area (Å²) in [6.07, 6.45) is 4.90. The summed E-state index contributed by atoms with van der Waals surface area (Å²) in [5.41, 5.74) is 2.79. The lowest BCUT2D eigenvalue weighted by atomic mass is 9.83. The molecule has 6 heteroatoms. The van der Waals surface area contributed by atoms with Crippen molar-refractivity contribution in [3.05, 3.63) is 41.7 Å². The van der Waals surface area contributed by atoms with Crippen LogP contribution in [0.5, 0.6) is 0 Å². The number of aromatic nitrogens is 4. The third kappa shape index (κ3) is 2.84. The van der Waals surface area contributed by atoms with Crippen LogP contribution in [0.25, 0.3) is 0 Å². The average molecular weight is 271 g/mol. The van der Waals surface area contributed by atoms with Crippen LogP contribution in [-0.2, 0) is 17.8 Å². The molecule has 0 aliphatic heterocycles. The summed E-state index contributed by atoms with van der Waals surface area (Å²) in [7, 11) is 0. The first kappa shape index (κ1) is 12.8. The molecule has 1 aliphatic rings. The van der Waals surface area contributed by atoms with Gasteiger partial charge in [0, 0.05) is 12.5 Å². The van der Waals surface area contributed by atoms with Crippen LogP contribution in [0.2, 0.25) is 0 Å². The summed E-state index contributed by atoms with van der Waals surface area (Å²) < 4.78 is 1.42. The van der Waals surface area contributed by atoms with Crippen molar-refractivity contribution < 1.29 is 4.79 Å². The first-order valence-electron chi connectivity index (χ1n) is 6.88. The van der Waals surface area contributed by atoms with Crippen LogP contribution in [0.15, 0.2) is 30.6 Å². The van der Waals surface area contributed by atoms with E-state index in [9.17, 15) is 4.79 Å². The smallest absolute Gasteiger partial charge is 0.241 e. The van der Waals surface area contributed by atoms with E-state index in [-0.39, 0.29) is 12.5 Å². The van der Waals surface area contributed by atoms with E-state index in [1.807, 2.05) is 0 Å².